The van der Waals surface area contributed by atoms with Gasteiger partial charge in [-0.3, -0.25) is 0 Å². The Labute approximate surface area is 95.8 Å². The Bertz CT molecular complexity index is 402. The van der Waals surface area contributed by atoms with Crippen LogP contribution in [0.15, 0.2) is 11.1 Å². The van der Waals surface area contributed by atoms with Crippen molar-refractivity contribution in [3.8, 4) is 0 Å². The van der Waals surface area contributed by atoms with Crippen LogP contribution in [0.1, 0.15) is 40.5 Å². The summed E-state index contributed by atoms with van der Waals surface area (Å²) in [7, 11) is 0. The highest BCUT2D eigenvalue weighted by atomic mass is 16.8. The van der Waals surface area contributed by atoms with E-state index in [0.717, 1.165) is 24.0 Å². The van der Waals surface area contributed by atoms with Crippen molar-refractivity contribution in [3.05, 3.63) is 11.1 Å². The van der Waals surface area contributed by atoms with E-state index in [1.54, 1.807) is 0 Å². The SMILES string of the molecule is CC1=C2C[C@@H](C(C)(C)C)C[C@@H]3O[C@]23OC1=O. The van der Waals surface area contributed by atoms with E-state index in [2.05, 4.69) is 20.8 Å². The Kier molecular flexibility index (Phi) is 1.74. The molecule has 0 aromatic heterocycles. The molecule has 3 atom stereocenters. The highest BCUT2D eigenvalue weighted by Gasteiger charge is 2.70. The normalized spacial score (nSPS) is 41.6. The zero-order chi connectivity index (χ0) is 11.7. The first kappa shape index (κ1) is 10.3. The summed E-state index contributed by atoms with van der Waals surface area (Å²) < 4.78 is 11.0. The first-order valence-electron chi connectivity index (χ1n) is 5.96. The lowest BCUT2D eigenvalue weighted by atomic mass is 9.70. The van der Waals surface area contributed by atoms with Crippen molar-refractivity contribution in [2.24, 2.45) is 11.3 Å². The van der Waals surface area contributed by atoms with Gasteiger partial charge in [0.2, 0.25) is 0 Å². The van der Waals surface area contributed by atoms with Gasteiger partial charge in [-0.2, -0.15) is 0 Å². The van der Waals surface area contributed by atoms with Crippen LogP contribution in [0.25, 0.3) is 0 Å². The second kappa shape index (κ2) is 2.70. The lowest BCUT2D eigenvalue weighted by Crippen LogP contribution is -2.32. The largest absolute Gasteiger partial charge is 0.423 e. The molecule has 2 fully saturated rings. The molecule has 3 rings (SSSR count). The zero-order valence-corrected chi connectivity index (χ0v) is 10.3. The third-order valence-corrected chi connectivity index (χ3v) is 4.28. The molecule has 3 heteroatoms. The van der Waals surface area contributed by atoms with Gasteiger partial charge in [0, 0.05) is 11.1 Å². The highest BCUT2D eigenvalue weighted by Crippen LogP contribution is 2.60. The van der Waals surface area contributed by atoms with Gasteiger partial charge in [0.25, 0.3) is 5.79 Å². The third kappa shape index (κ3) is 1.15. The number of hydrogen-bond donors (Lipinski definition) is 0. The summed E-state index contributed by atoms with van der Waals surface area (Å²) in [5.74, 6) is -0.234. The molecule has 1 spiro atoms. The van der Waals surface area contributed by atoms with Gasteiger partial charge >= 0.3 is 5.97 Å². The fraction of sp³-hybridized carbons (Fsp3) is 0.769. The van der Waals surface area contributed by atoms with E-state index >= 15 is 0 Å². The van der Waals surface area contributed by atoms with E-state index in [1.165, 1.54) is 0 Å². The molecular weight excluding hydrogens is 204 g/mol. The Balaban J connectivity index is 1.95. The Hall–Kier alpha value is -0.830. The molecule has 0 radical (unpaired) electrons. The van der Waals surface area contributed by atoms with Crippen molar-refractivity contribution in [1.82, 2.24) is 0 Å². The van der Waals surface area contributed by atoms with Gasteiger partial charge in [-0.05, 0) is 31.1 Å². The molecule has 2 aliphatic heterocycles. The maximum Gasteiger partial charge on any atom is 0.336 e. The van der Waals surface area contributed by atoms with Crippen molar-refractivity contribution in [2.45, 2.75) is 52.4 Å². The number of epoxide rings is 1. The molecule has 1 saturated heterocycles. The Morgan fingerprint density at radius 2 is 2.06 bits per heavy atom. The predicted octanol–water partition coefficient (Wildman–Crippen LogP) is 2.41. The van der Waals surface area contributed by atoms with E-state index < -0.39 is 5.79 Å². The monoisotopic (exact) mass is 222 g/mol. The molecule has 2 heterocycles. The first-order valence-corrected chi connectivity index (χ1v) is 5.96. The summed E-state index contributed by atoms with van der Waals surface area (Å²) in [6.07, 6.45) is 2.06. The molecule has 3 nitrogen and oxygen atoms in total. The summed E-state index contributed by atoms with van der Waals surface area (Å²) in [5, 5.41) is 0. The van der Waals surface area contributed by atoms with Gasteiger partial charge in [-0.25, -0.2) is 4.79 Å². The van der Waals surface area contributed by atoms with Gasteiger partial charge in [-0.15, -0.1) is 0 Å². The minimum absolute atomic E-state index is 0.113. The number of hydrogen-bond acceptors (Lipinski definition) is 3. The summed E-state index contributed by atoms with van der Waals surface area (Å²) >= 11 is 0. The molecule has 16 heavy (non-hydrogen) atoms. The lowest BCUT2D eigenvalue weighted by Gasteiger charge is -2.34. The molecule has 0 aromatic carbocycles. The minimum atomic E-state index is -0.622. The molecule has 1 aliphatic carbocycles. The standard InChI is InChI=1S/C13H18O3/c1-7-9-5-8(12(2,3)4)6-10-13(9,15-10)16-11(7)14/h8,10H,5-6H2,1-4H3/t8-,10+,13+/m1/s1. The average molecular weight is 222 g/mol. The van der Waals surface area contributed by atoms with Crippen molar-refractivity contribution in [1.29, 1.82) is 0 Å². The fourth-order valence-corrected chi connectivity index (χ4v) is 2.94. The van der Waals surface area contributed by atoms with E-state index in [1.807, 2.05) is 6.92 Å². The minimum Gasteiger partial charge on any atom is -0.423 e. The van der Waals surface area contributed by atoms with Crippen LogP contribution < -0.4 is 0 Å². The van der Waals surface area contributed by atoms with Crippen LogP contribution in [0, 0.1) is 11.3 Å². The van der Waals surface area contributed by atoms with Crippen molar-refractivity contribution < 1.29 is 14.3 Å². The average Bonchev–Trinajstić information content (AvgIpc) is 2.81. The summed E-state index contributed by atoms with van der Waals surface area (Å²) in [6.45, 7) is 8.61. The fourth-order valence-electron chi connectivity index (χ4n) is 2.94. The first-order chi connectivity index (χ1) is 7.34. The van der Waals surface area contributed by atoms with Crippen LogP contribution in [0.2, 0.25) is 0 Å². The van der Waals surface area contributed by atoms with Crippen LogP contribution in [-0.4, -0.2) is 17.9 Å². The topological polar surface area (TPSA) is 38.8 Å². The number of ether oxygens (including phenoxy) is 2. The third-order valence-electron chi connectivity index (χ3n) is 4.28. The second-order valence-electron chi connectivity index (χ2n) is 6.27. The van der Waals surface area contributed by atoms with Crippen LogP contribution in [0.5, 0.6) is 0 Å². The number of rotatable bonds is 0. The van der Waals surface area contributed by atoms with Crippen LogP contribution >= 0.6 is 0 Å². The van der Waals surface area contributed by atoms with E-state index in [0.29, 0.717) is 5.92 Å². The van der Waals surface area contributed by atoms with Crippen LogP contribution in [0.3, 0.4) is 0 Å². The van der Waals surface area contributed by atoms with Crippen molar-refractivity contribution in [3.63, 3.8) is 0 Å². The van der Waals surface area contributed by atoms with Gasteiger partial charge in [0.1, 0.15) is 6.10 Å². The number of esters is 1. The van der Waals surface area contributed by atoms with Crippen LogP contribution in [-0.2, 0) is 14.3 Å². The molecular formula is C13H18O3. The second-order valence-corrected chi connectivity index (χ2v) is 6.27. The molecule has 3 aliphatic rings. The van der Waals surface area contributed by atoms with Crippen molar-refractivity contribution >= 4 is 5.97 Å². The lowest BCUT2D eigenvalue weighted by molar-refractivity contribution is -0.146. The summed E-state index contributed by atoms with van der Waals surface area (Å²) in [6, 6.07) is 0. The van der Waals surface area contributed by atoms with Gasteiger partial charge in [0.15, 0.2) is 0 Å². The molecule has 0 N–H and O–H groups in total. The maximum atomic E-state index is 11.6. The zero-order valence-electron chi connectivity index (χ0n) is 10.3. The maximum absolute atomic E-state index is 11.6. The number of carbonyl (C=O) groups is 1. The van der Waals surface area contributed by atoms with E-state index in [9.17, 15) is 4.79 Å². The van der Waals surface area contributed by atoms with Gasteiger partial charge in [-0.1, -0.05) is 20.8 Å². The summed E-state index contributed by atoms with van der Waals surface area (Å²) in [4.78, 5) is 11.6. The predicted molar refractivity (Wildman–Crippen MR) is 58.6 cm³/mol. The Morgan fingerprint density at radius 3 is 2.69 bits per heavy atom. The summed E-state index contributed by atoms with van der Waals surface area (Å²) in [5.41, 5.74) is 2.14. The quantitative estimate of drug-likeness (QED) is 0.466. The smallest absolute Gasteiger partial charge is 0.336 e. The number of carbonyl (C=O) groups excluding carboxylic acids is 1. The van der Waals surface area contributed by atoms with Gasteiger partial charge < -0.3 is 9.47 Å². The molecule has 0 bridgehead atoms. The van der Waals surface area contributed by atoms with E-state index in [-0.39, 0.29) is 17.5 Å². The molecule has 0 amide bonds. The Morgan fingerprint density at radius 1 is 1.38 bits per heavy atom. The molecule has 0 aromatic rings. The van der Waals surface area contributed by atoms with Crippen LogP contribution in [0.4, 0.5) is 0 Å². The molecule has 88 valence electrons. The molecule has 1 saturated carbocycles. The highest BCUT2D eigenvalue weighted by molar-refractivity contribution is 5.93. The van der Waals surface area contributed by atoms with E-state index in [4.69, 9.17) is 9.47 Å². The van der Waals surface area contributed by atoms with Crippen molar-refractivity contribution in [2.75, 3.05) is 0 Å². The molecule has 0 unspecified atom stereocenters. The van der Waals surface area contributed by atoms with Gasteiger partial charge in [0.05, 0.1) is 0 Å².